The summed E-state index contributed by atoms with van der Waals surface area (Å²) in [5, 5.41) is 19.1. The molecule has 8 heteroatoms. The lowest BCUT2D eigenvalue weighted by Crippen LogP contribution is -2.71. The van der Waals surface area contributed by atoms with Crippen molar-refractivity contribution in [2.24, 2.45) is 0 Å². The Balaban J connectivity index is 1.78. The van der Waals surface area contributed by atoms with Crippen LogP contribution in [0.2, 0.25) is 0 Å². The van der Waals surface area contributed by atoms with Crippen LogP contribution in [-0.2, 0) is 6.42 Å². The molecule has 0 saturated carbocycles. The SMILES string of the molecule is N#CC1=C2C=CC=CN2[B-](F)(F)[n+]2cc(CC(C#N)c3ccccn3)ccc21. The minimum Gasteiger partial charge on any atom is -0.395 e. The van der Waals surface area contributed by atoms with Gasteiger partial charge in [0.2, 0.25) is 0 Å². The largest absolute Gasteiger partial charge is 0.737 e. The molecule has 2 aliphatic heterocycles. The summed E-state index contributed by atoms with van der Waals surface area (Å²) in [7, 11) is 0. The van der Waals surface area contributed by atoms with Gasteiger partial charge in [0.1, 0.15) is 17.8 Å². The Morgan fingerprint density at radius 3 is 2.75 bits per heavy atom. The van der Waals surface area contributed by atoms with Crippen molar-refractivity contribution in [1.82, 2.24) is 9.79 Å². The first-order chi connectivity index (χ1) is 13.6. The molecule has 0 spiro atoms. The van der Waals surface area contributed by atoms with E-state index in [2.05, 4.69) is 11.1 Å². The lowest BCUT2D eigenvalue weighted by Gasteiger charge is -2.38. The molecule has 5 nitrogen and oxygen atoms in total. The molecule has 2 aliphatic rings. The normalized spacial score (nSPS) is 17.4. The Morgan fingerprint density at radius 2 is 2.04 bits per heavy atom. The Labute approximate surface area is 160 Å². The Morgan fingerprint density at radius 1 is 1.18 bits per heavy atom. The maximum absolute atomic E-state index is 15.2. The van der Waals surface area contributed by atoms with E-state index in [1.165, 1.54) is 30.6 Å². The molecule has 0 N–H and O–H groups in total. The van der Waals surface area contributed by atoms with Crippen LogP contribution in [0.3, 0.4) is 0 Å². The third-order valence-corrected chi connectivity index (χ3v) is 4.86. The fraction of sp³-hybridized carbons (Fsp3) is 0.100. The summed E-state index contributed by atoms with van der Waals surface area (Å²) < 4.78 is 31.3. The van der Waals surface area contributed by atoms with Crippen LogP contribution in [0.25, 0.3) is 5.57 Å². The molecular formula is C20H14BF2N5. The van der Waals surface area contributed by atoms with Crippen molar-refractivity contribution in [3.63, 3.8) is 0 Å². The molecule has 4 heterocycles. The van der Waals surface area contributed by atoms with Crippen LogP contribution in [-0.4, -0.2) is 16.8 Å². The molecule has 2 aromatic heterocycles. The third-order valence-electron chi connectivity index (χ3n) is 4.86. The molecule has 1 unspecified atom stereocenters. The van der Waals surface area contributed by atoms with Crippen LogP contribution in [0, 0.1) is 22.7 Å². The highest BCUT2D eigenvalue weighted by Gasteiger charge is 2.53. The van der Waals surface area contributed by atoms with E-state index in [0.717, 1.165) is 9.29 Å². The van der Waals surface area contributed by atoms with Gasteiger partial charge in [-0.1, -0.05) is 12.1 Å². The van der Waals surface area contributed by atoms with E-state index in [4.69, 9.17) is 0 Å². The molecule has 0 aromatic carbocycles. The van der Waals surface area contributed by atoms with E-state index >= 15 is 8.63 Å². The van der Waals surface area contributed by atoms with Crippen LogP contribution in [0.1, 0.15) is 22.9 Å². The summed E-state index contributed by atoms with van der Waals surface area (Å²) in [6.45, 7) is -4.15. The summed E-state index contributed by atoms with van der Waals surface area (Å²) in [6, 6.07) is 12.7. The first kappa shape index (κ1) is 17.6. The fourth-order valence-electron chi connectivity index (χ4n) is 3.51. The lowest BCUT2D eigenvalue weighted by atomic mass is 9.83. The molecule has 4 rings (SSSR count). The summed E-state index contributed by atoms with van der Waals surface area (Å²) >= 11 is 0. The summed E-state index contributed by atoms with van der Waals surface area (Å²) in [5.41, 5.74) is 1.69. The summed E-state index contributed by atoms with van der Waals surface area (Å²) in [5.74, 6) is -0.552. The molecule has 0 aliphatic carbocycles. The van der Waals surface area contributed by atoms with Crippen molar-refractivity contribution >= 4 is 12.5 Å². The molecule has 0 fully saturated rings. The highest BCUT2D eigenvalue weighted by Crippen LogP contribution is 2.33. The topological polar surface area (TPSA) is 67.6 Å². The van der Waals surface area contributed by atoms with Gasteiger partial charge in [-0.2, -0.15) is 10.5 Å². The van der Waals surface area contributed by atoms with E-state index in [-0.39, 0.29) is 23.4 Å². The van der Waals surface area contributed by atoms with E-state index in [0.29, 0.717) is 11.3 Å². The van der Waals surface area contributed by atoms with E-state index < -0.39 is 12.9 Å². The van der Waals surface area contributed by atoms with E-state index in [1.54, 1.807) is 36.5 Å². The molecular weight excluding hydrogens is 359 g/mol. The number of rotatable bonds is 3. The van der Waals surface area contributed by atoms with Crippen molar-refractivity contribution in [3.05, 3.63) is 89.8 Å². The molecule has 0 amide bonds. The smallest absolute Gasteiger partial charge is 0.395 e. The number of nitriles is 2. The zero-order valence-corrected chi connectivity index (χ0v) is 14.7. The highest BCUT2D eigenvalue weighted by molar-refractivity contribution is 6.55. The van der Waals surface area contributed by atoms with Crippen molar-refractivity contribution in [2.75, 3.05) is 0 Å². The average molecular weight is 373 g/mol. The zero-order valence-electron chi connectivity index (χ0n) is 14.7. The van der Waals surface area contributed by atoms with E-state index in [1.807, 2.05) is 6.07 Å². The molecule has 2 aromatic rings. The number of pyridine rings is 2. The van der Waals surface area contributed by atoms with Gasteiger partial charge in [0, 0.05) is 23.5 Å². The van der Waals surface area contributed by atoms with Gasteiger partial charge in [-0.05, 0) is 43.0 Å². The van der Waals surface area contributed by atoms with Gasteiger partial charge in [0.15, 0.2) is 5.69 Å². The van der Waals surface area contributed by atoms with Crippen LogP contribution < -0.4 is 4.48 Å². The van der Waals surface area contributed by atoms with E-state index in [9.17, 15) is 10.5 Å². The minimum absolute atomic E-state index is 0.161. The average Bonchev–Trinajstić information content (AvgIpc) is 2.73. The Hall–Kier alpha value is -3.78. The second kappa shape index (κ2) is 6.75. The van der Waals surface area contributed by atoms with Gasteiger partial charge >= 0.3 is 6.97 Å². The van der Waals surface area contributed by atoms with Gasteiger partial charge in [-0.25, -0.2) is 0 Å². The van der Waals surface area contributed by atoms with Gasteiger partial charge in [0.25, 0.3) is 0 Å². The quantitative estimate of drug-likeness (QED) is 0.776. The predicted molar refractivity (Wildman–Crippen MR) is 99.0 cm³/mol. The maximum atomic E-state index is 15.2. The number of aromatic nitrogens is 2. The first-order valence-corrected chi connectivity index (χ1v) is 8.71. The molecule has 28 heavy (non-hydrogen) atoms. The van der Waals surface area contributed by atoms with Crippen molar-refractivity contribution < 1.29 is 13.1 Å². The second-order valence-electron chi connectivity index (χ2n) is 6.54. The zero-order chi connectivity index (χ0) is 19.7. The summed E-state index contributed by atoms with van der Waals surface area (Å²) in [6.07, 6.45) is 9.11. The molecule has 0 saturated heterocycles. The number of halogens is 2. The number of nitrogens with zero attached hydrogens (tertiary/aromatic N) is 5. The van der Waals surface area contributed by atoms with Crippen LogP contribution >= 0.6 is 0 Å². The number of fused-ring (bicyclic) bond motifs is 2. The van der Waals surface area contributed by atoms with Gasteiger partial charge in [0.05, 0.1) is 17.7 Å². The highest BCUT2D eigenvalue weighted by atomic mass is 19.2. The number of hydrogen-bond acceptors (Lipinski definition) is 4. The molecule has 0 radical (unpaired) electrons. The van der Waals surface area contributed by atoms with Gasteiger partial charge in [-0.3, -0.25) is 4.98 Å². The monoisotopic (exact) mass is 373 g/mol. The third kappa shape index (κ3) is 2.76. The first-order valence-electron chi connectivity index (χ1n) is 8.71. The van der Waals surface area contributed by atoms with Crippen LogP contribution in [0.15, 0.2) is 72.9 Å². The van der Waals surface area contributed by atoms with Crippen molar-refractivity contribution in [3.8, 4) is 12.1 Å². The summed E-state index contributed by atoms with van der Waals surface area (Å²) in [4.78, 5) is 5.04. The number of allylic oxidation sites excluding steroid dienone is 4. The molecule has 136 valence electrons. The van der Waals surface area contributed by atoms with Crippen LogP contribution in [0.5, 0.6) is 0 Å². The van der Waals surface area contributed by atoms with Crippen molar-refractivity contribution in [2.45, 2.75) is 12.3 Å². The fourth-order valence-corrected chi connectivity index (χ4v) is 3.51. The Bertz CT molecular complexity index is 1110. The molecule has 1 atom stereocenters. The minimum atomic E-state index is -4.15. The van der Waals surface area contributed by atoms with Crippen molar-refractivity contribution in [1.29, 1.82) is 10.5 Å². The maximum Gasteiger partial charge on any atom is 0.737 e. The van der Waals surface area contributed by atoms with Gasteiger partial charge in [-0.15, -0.1) is 0 Å². The van der Waals surface area contributed by atoms with Crippen LogP contribution in [0.4, 0.5) is 8.63 Å². The Kier molecular flexibility index (Phi) is 4.25. The second-order valence-corrected chi connectivity index (χ2v) is 6.54. The lowest BCUT2D eigenvalue weighted by molar-refractivity contribution is -0.578. The standard InChI is InChI=1S/C20H14BF2N5/c22-21(23)27-10-4-2-6-19(27)17(13-25)20-8-7-15(14-28(20)21)11-16(12-24)18-5-1-3-9-26-18/h1-10,14,16H,11H2. The number of hydrogen-bond donors (Lipinski definition) is 0. The predicted octanol–water partition coefficient (Wildman–Crippen LogP) is 3.08. The molecule has 0 bridgehead atoms. The van der Waals surface area contributed by atoms with Gasteiger partial charge < -0.3 is 17.9 Å².